The Morgan fingerprint density at radius 2 is 1.81 bits per heavy atom. The molecule has 0 aliphatic carbocycles. The van der Waals surface area contributed by atoms with Crippen molar-refractivity contribution in [3.63, 3.8) is 0 Å². The SMILES string of the molecule is COc1cc(Nc2cc(Br)nc(C(C)(C)C)n2)ccc1Br. The third kappa shape index (κ3) is 4.17. The summed E-state index contributed by atoms with van der Waals surface area (Å²) < 4.78 is 6.97. The second kappa shape index (κ2) is 6.32. The number of halogens is 2. The fraction of sp³-hybridized carbons (Fsp3) is 0.333. The molecule has 0 saturated heterocycles. The Labute approximate surface area is 141 Å². The number of anilines is 2. The molecule has 21 heavy (non-hydrogen) atoms. The molecule has 2 aromatic rings. The molecule has 0 saturated carbocycles. The molecule has 0 amide bonds. The quantitative estimate of drug-likeness (QED) is 0.713. The van der Waals surface area contributed by atoms with Gasteiger partial charge in [0, 0.05) is 23.2 Å². The smallest absolute Gasteiger partial charge is 0.137 e. The second-order valence-corrected chi connectivity index (χ2v) is 7.29. The minimum Gasteiger partial charge on any atom is -0.495 e. The van der Waals surface area contributed by atoms with Crippen LogP contribution >= 0.6 is 31.9 Å². The van der Waals surface area contributed by atoms with E-state index in [9.17, 15) is 0 Å². The van der Waals surface area contributed by atoms with Crippen LogP contribution < -0.4 is 10.1 Å². The van der Waals surface area contributed by atoms with Crippen molar-refractivity contribution in [3.8, 4) is 5.75 Å². The van der Waals surface area contributed by atoms with E-state index in [2.05, 4.69) is 67.9 Å². The van der Waals surface area contributed by atoms with Gasteiger partial charge in [-0.25, -0.2) is 9.97 Å². The number of hydrogen-bond donors (Lipinski definition) is 1. The van der Waals surface area contributed by atoms with Gasteiger partial charge >= 0.3 is 0 Å². The van der Waals surface area contributed by atoms with Gasteiger partial charge in [0.15, 0.2) is 0 Å². The predicted octanol–water partition coefficient (Wildman–Crippen LogP) is 5.05. The number of aromatic nitrogens is 2. The van der Waals surface area contributed by atoms with Crippen LogP contribution in [0.4, 0.5) is 11.5 Å². The molecule has 112 valence electrons. The van der Waals surface area contributed by atoms with Crippen molar-refractivity contribution in [1.82, 2.24) is 9.97 Å². The number of hydrogen-bond acceptors (Lipinski definition) is 4. The largest absolute Gasteiger partial charge is 0.495 e. The minimum atomic E-state index is -0.113. The summed E-state index contributed by atoms with van der Waals surface area (Å²) >= 11 is 6.87. The van der Waals surface area contributed by atoms with E-state index in [4.69, 9.17) is 4.74 Å². The fourth-order valence-corrected chi connectivity index (χ4v) is 2.50. The second-order valence-electron chi connectivity index (χ2n) is 5.62. The molecule has 4 nitrogen and oxygen atoms in total. The lowest BCUT2D eigenvalue weighted by Crippen LogP contribution is -2.16. The summed E-state index contributed by atoms with van der Waals surface area (Å²) in [6, 6.07) is 7.65. The van der Waals surface area contributed by atoms with Gasteiger partial charge in [-0.15, -0.1) is 0 Å². The zero-order valence-corrected chi connectivity index (χ0v) is 15.5. The summed E-state index contributed by atoms with van der Waals surface area (Å²) in [6.07, 6.45) is 0. The first-order chi connectivity index (χ1) is 9.79. The van der Waals surface area contributed by atoms with Crippen LogP contribution in [0.2, 0.25) is 0 Å². The molecular formula is C15H17Br2N3O. The van der Waals surface area contributed by atoms with E-state index in [-0.39, 0.29) is 5.41 Å². The van der Waals surface area contributed by atoms with E-state index in [0.29, 0.717) is 0 Å². The Hall–Kier alpha value is -1.14. The van der Waals surface area contributed by atoms with Gasteiger partial charge in [0.2, 0.25) is 0 Å². The minimum absolute atomic E-state index is 0.113. The monoisotopic (exact) mass is 413 g/mol. The summed E-state index contributed by atoms with van der Waals surface area (Å²) in [4.78, 5) is 9.00. The van der Waals surface area contributed by atoms with Crippen molar-refractivity contribution < 1.29 is 4.74 Å². The van der Waals surface area contributed by atoms with E-state index in [1.807, 2.05) is 24.3 Å². The molecule has 0 aliphatic heterocycles. The van der Waals surface area contributed by atoms with Crippen LogP contribution in [0.25, 0.3) is 0 Å². The Balaban J connectivity index is 2.33. The summed E-state index contributed by atoms with van der Waals surface area (Å²) in [5.41, 5.74) is 0.790. The summed E-state index contributed by atoms with van der Waals surface area (Å²) in [7, 11) is 1.64. The van der Waals surface area contributed by atoms with E-state index in [0.717, 1.165) is 32.2 Å². The number of ether oxygens (including phenoxy) is 1. The molecule has 2 rings (SSSR count). The van der Waals surface area contributed by atoms with Crippen LogP contribution in [0.3, 0.4) is 0 Å². The van der Waals surface area contributed by atoms with Gasteiger partial charge in [0.25, 0.3) is 0 Å². The van der Waals surface area contributed by atoms with E-state index in [1.165, 1.54) is 0 Å². The highest BCUT2D eigenvalue weighted by molar-refractivity contribution is 9.10. The maximum Gasteiger partial charge on any atom is 0.137 e. The van der Waals surface area contributed by atoms with Crippen molar-refractivity contribution in [2.24, 2.45) is 0 Å². The standard InChI is InChI=1S/C15H17Br2N3O/c1-15(2,3)14-19-12(17)8-13(20-14)18-9-5-6-10(16)11(7-9)21-4/h5-8H,1-4H3,(H,18,19,20). The molecule has 6 heteroatoms. The molecule has 1 heterocycles. The molecule has 0 radical (unpaired) electrons. The van der Waals surface area contributed by atoms with E-state index >= 15 is 0 Å². The molecule has 1 aromatic heterocycles. The third-order valence-electron chi connectivity index (χ3n) is 2.79. The van der Waals surface area contributed by atoms with Crippen LogP contribution in [-0.2, 0) is 5.41 Å². The number of rotatable bonds is 3. The lowest BCUT2D eigenvalue weighted by Gasteiger charge is -2.18. The van der Waals surface area contributed by atoms with E-state index in [1.54, 1.807) is 7.11 Å². The van der Waals surface area contributed by atoms with Crippen LogP contribution in [0.5, 0.6) is 5.75 Å². The lowest BCUT2D eigenvalue weighted by molar-refractivity contribution is 0.412. The average Bonchev–Trinajstić information content (AvgIpc) is 2.39. The zero-order valence-electron chi connectivity index (χ0n) is 12.4. The molecule has 0 atom stereocenters. The van der Waals surface area contributed by atoms with Crippen molar-refractivity contribution in [2.75, 3.05) is 12.4 Å². The Kier molecular flexibility index (Phi) is 4.88. The molecule has 0 fully saturated rings. The number of nitrogens with one attached hydrogen (secondary N) is 1. The first kappa shape index (κ1) is 16.2. The maximum atomic E-state index is 5.30. The summed E-state index contributed by atoms with van der Waals surface area (Å²) in [5.74, 6) is 2.29. The van der Waals surface area contributed by atoms with Crippen LogP contribution in [0, 0.1) is 0 Å². The van der Waals surface area contributed by atoms with Crippen LogP contribution in [-0.4, -0.2) is 17.1 Å². The highest BCUT2D eigenvalue weighted by Gasteiger charge is 2.18. The van der Waals surface area contributed by atoms with Crippen molar-refractivity contribution in [3.05, 3.63) is 39.2 Å². The summed E-state index contributed by atoms with van der Waals surface area (Å²) in [5, 5.41) is 3.28. The lowest BCUT2D eigenvalue weighted by atomic mass is 9.96. The van der Waals surface area contributed by atoms with Gasteiger partial charge in [0.1, 0.15) is 22.0 Å². The van der Waals surface area contributed by atoms with Crippen molar-refractivity contribution >= 4 is 43.4 Å². The third-order valence-corrected chi connectivity index (χ3v) is 3.85. The normalized spacial score (nSPS) is 11.3. The fourth-order valence-electron chi connectivity index (χ4n) is 1.70. The van der Waals surface area contributed by atoms with Crippen LogP contribution in [0.15, 0.2) is 33.3 Å². The molecule has 0 spiro atoms. The zero-order chi connectivity index (χ0) is 15.6. The average molecular weight is 415 g/mol. The molecule has 0 unspecified atom stereocenters. The van der Waals surface area contributed by atoms with Gasteiger partial charge in [-0.1, -0.05) is 20.8 Å². The summed E-state index contributed by atoms with van der Waals surface area (Å²) in [6.45, 7) is 6.25. The first-order valence-electron chi connectivity index (χ1n) is 6.45. The number of benzene rings is 1. The van der Waals surface area contributed by atoms with Crippen LogP contribution in [0.1, 0.15) is 26.6 Å². The maximum absolute atomic E-state index is 5.30. The predicted molar refractivity (Wildman–Crippen MR) is 92.4 cm³/mol. The van der Waals surface area contributed by atoms with Gasteiger partial charge < -0.3 is 10.1 Å². The van der Waals surface area contributed by atoms with Gasteiger partial charge in [-0.05, 0) is 44.0 Å². The highest BCUT2D eigenvalue weighted by Crippen LogP contribution is 2.30. The molecule has 1 aromatic carbocycles. The number of nitrogens with zero attached hydrogens (tertiary/aromatic N) is 2. The number of methoxy groups -OCH3 is 1. The Bertz CT molecular complexity index is 654. The molecule has 0 aliphatic rings. The molecule has 1 N–H and O–H groups in total. The highest BCUT2D eigenvalue weighted by atomic mass is 79.9. The Morgan fingerprint density at radius 1 is 1.10 bits per heavy atom. The van der Waals surface area contributed by atoms with Gasteiger partial charge in [0.05, 0.1) is 11.6 Å². The van der Waals surface area contributed by atoms with Crippen molar-refractivity contribution in [2.45, 2.75) is 26.2 Å². The Morgan fingerprint density at radius 3 is 2.43 bits per heavy atom. The van der Waals surface area contributed by atoms with E-state index < -0.39 is 0 Å². The topological polar surface area (TPSA) is 47.0 Å². The van der Waals surface area contributed by atoms with Gasteiger partial charge in [-0.2, -0.15) is 0 Å². The van der Waals surface area contributed by atoms with Crippen molar-refractivity contribution in [1.29, 1.82) is 0 Å². The first-order valence-corrected chi connectivity index (χ1v) is 8.04. The van der Waals surface area contributed by atoms with Gasteiger partial charge in [-0.3, -0.25) is 0 Å². The molecular weight excluding hydrogens is 398 g/mol. The molecule has 0 bridgehead atoms.